The largest absolute Gasteiger partial charge is 0.327 e. The molecule has 1 unspecified atom stereocenters. The summed E-state index contributed by atoms with van der Waals surface area (Å²) in [7, 11) is -0.988. The lowest BCUT2D eigenvalue weighted by molar-refractivity contribution is 0.402. The van der Waals surface area contributed by atoms with E-state index < -0.39 is 14.2 Å². The summed E-state index contributed by atoms with van der Waals surface area (Å²) in [6.45, 7) is 0. The molecule has 0 fully saturated rings. The number of pyridine rings is 1. The maximum atomic E-state index is 17.0. The zero-order valence-electron chi connectivity index (χ0n) is 31.1. The number of fused-ring (bicyclic) bond motifs is 7. The fourth-order valence-electron chi connectivity index (χ4n) is 9.07. The van der Waals surface area contributed by atoms with Gasteiger partial charge in [-0.2, -0.15) is 0 Å². The first-order valence-electron chi connectivity index (χ1n) is 19.2. The van der Waals surface area contributed by atoms with Gasteiger partial charge in [0.15, 0.2) is 14.2 Å². The van der Waals surface area contributed by atoms with Crippen molar-refractivity contribution < 1.29 is 4.39 Å². The van der Waals surface area contributed by atoms with Crippen LogP contribution < -0.4 is 25.6 Å². The molecule has 10 aromatic rings. The molecule has 4 heterocycles. The van der Waals surface area contributed by atoms with Crippen LogP contribution in [0.2, 0.25) is 0 Å². The molecule has 0 saturated heterocycles. The Morgan fingerprint density at radius 2 is 1.30 bits per heavy atom. The molecular formula is C50H35FN4SSi. The lowest BCUT2D eigenvalue weighted by atomic mass is 9.99. The second-order valence-corrected chi connectivity index (χ2v) is 19.4. The predicted octanol–water partition coefficient (Wildman–Crippen LogP) is 10.2. The van der Waals surface area contributed by atoms with E-state index in [1.54, 1.807) is 0 Å². The number of alkyl halides is 1. The third-order valence-corrected chi connectivity index (χ3v) is 17.8. The average Bonchev–Trinajstić information content (AvgIpc) is 3.83. The third kappa shape index (κ3) is 5.09. The van der Waals surface area contributed by atoms with Crippen LogP contribution in [0, 0.1) is 0 Å². The van der Waals surface area contributed by atoms with Crippen molar-refractivity contribution in [2.45, 2.75) is 6.17 Å². The molecule has 0 aliphatic carbocycles. The van der Waals surface area contributed by atoms with Crippen LogP contribution in [0.3, 0.4) is 0 Å². The molecule has 1 aliphatic rings. The molecule has 0 bridgehead atoms. The molecule has 57 heavy (non-hydrogen) atoms. The number of anilines is 3. The minimum Gasteiger partial charge on any atom is -0.327 e. The van der Waals surface area contributed by atoms with Crippen LogP contribution in [-0.4, -0.2) is 22.6 Å². The van der Waals surface area contributed by atoms with Gasteiger partial charge in [-0.3, -0.25) is 4.90 Å². The zero-order valence-corrected chi connectivity index (χ0v) is 32.9. The highest BCUT2D eigenvalue weighted by molar-refractivity contribution is 7.31. The Morgan fingerprint density at radius 3 is 2.09 bits per heavy atom. The molecule has 0 spiro atoms. The third-order valence-electron chi connectivity index (χ3n) is 11.6. The van der Waals surface area contributed by atoms with Gasteiger partial charge >= 0.3 is 0 Å². The highest BCUT2D eigenvalue weighted by atomic mass is 32.1. The van der Waals surface area contributed by atoms with Crippen molar-refractivity contribution in [1.29, 1.82) is 0 Å². The zero-order chi connectivity index (χ0) is 38.1. The summed E-state index contributed by atoms with van der Waals surface area (Å²) in [5.74, 6) is 1.70. The van der Waals surface area contributed by atoms with Gasteiger partial charge in [0.2, 0.25) is 0 Å². The van der Waals surface area contributed by atoms with Gasteiger partial charge in [0.25, 0.3) is 0 Å². The molecule has 272 valence electrons. The molecule has 7 heteroatoms. The molecule has 4 nitrogen and oxygen atoms in total. The summed E-state index contributed by atoms with van der Waals surface area (Å²) in [5.41, 5.74) is 5.93. The number of imidazole rings is 1. The summed E-state index contributed by atoms with van der Waals surface area (Å²) >= 11 is 1.85. The van der Waals surface area contributed by atoms with E-state index in [1.807, 2.05) is 79.0 Å². The molecule has 7 aromatic carbocycles. The van der Waals surface area contributed by atoms with E-state index in [2.05, 4.69) is 137 Å². The van der Waals surface area contributed by atoms with Crippen LogP contribution >= 0.6 is 11.3 Å². The normalized spacial score (nSPS) is 13.8. The minimum absolute atomic E-state index is 0.580. The quantitative estimate of drug-likeness (QED) is 0.158. The molecule has 0 amide bonds. The number of aryl methyl sites for hydroxylation is 1. The number of nitrogens with zero attached hydrogens (tertiary/aromatic N) is 4. The van der Waals surface area contributed by atoms with Crippen molar-refractivity contribution in [2.24, 2.45) is 7.05 Å². The van der Waals surface area contributed by atoms with Crippen molar-refractivity contribution >= 4 is 88.6 Å². The van der Waals surface area contributed by atoms with E-state index in [0.717, 1.165) is 45.0 Å². The monoisotopic (exact) mass is 770 g/mol. The smallest absolute Gasteiger partial charge is 0.188 e. The van der Waals surface area contributed by atoms with E-state index in [-0.39, 0.29) is 0 Å². The fraction of sp³-hybridized carbons (Fsp3) is 0.0400. The first-order valence-corrected chi connectivity index (χ1v) is 22.0. The number of halogens is 1. The molecule has 1 atom stereocenters. The van der Waals surface area contributed by atoms with Crippen molar-refractivity contribution in [1.82, 2.24) is 14.5 Å². The summed E-state index contributed by atoms with van der Waals surface area (Å²) < 4.78 is 21.6. The van der Waals surface area contributed by atoms with Crippen molar-refractivity contribution in [3.63, 3.8) is 0 Å². The average molecular weight is 771 g/mol. The van der Waals surface area contributed by atoms with E-state index in [9.17, 15) is 0 Å². The van der Waals surface area contributed by atoms with E-state index in [0.29, 0.717) is 11.1 Å². The SMILES string of the molecule is Cn1c(-c2cccc(C(F)c3cccc(N4c5ccccc5[Si](c5ccccc5)(c5ccccc5)c5c4ncc4c5sc5ccccc54)c3)c2)nc2ccccc21. The highest BCUT2D eigenvalue weighted by Crippen LogP contribution is 2.43. The van der Waals surface area contributed by atoms with Crippen LogP contribution in [0.1, 0.15) is 17.3 Å². The summed E-state index contributed by atoms with van der Waals surface area (Å²) in [4.78, 5) is 12.6. The highest BCUT2D eigenvalue weighted by Gasteiger charge is 2.51. The molecule has 3 aromatic heterocycles. The van der Waals surface area contributed by atoms with Gasteiger partial charge in [-0.25, -0.2) is 14.4 Å². The van der Waals surface area contributed by atoms with Gasteiger partial charge in [0.1, 0.15) is 11.6 Å². The van der Waals surface area contributed by atoms with Crippen LogP contribution in [0.15, 0.2) is 188 Å². The van der Waals surface area contributed by atoms with Crippen molar-refractivity contribution in [3.8, 4) is 11.4 Å². The summed E-state index contributed by atoms with van der Waals surface area (Å²) in [6, 6.07) is 63.3. The van der Waals surface area contributed by atoms with Crippen LogP contribution in [0.5, 0.6) is 0 Å². The van der Waals surface area contributed by atoms with Gasteiger partial charge in [-0.05, 0) is 69.2 Å². The summed E-state index contributed by atoms with van der Waals surface area (Å²) in [5, 5.41) is 7.51. The second-order valence-electron chi connectivity index (χ2n) is 14.7. The number of hydrogen-bond acceptors (Lipinski definition) is 4. The van der Waals surface area contributed by atoms with Gasteiger partial charge in [0.05, 0.1) is 11.0 Å². The molecule has 0 N–H and O–H groups in total. The van der Waals surface area contributed by atoms with E-state index >= 15 is 4.39 Å². The molecule has 11 rings (SSSR count). The fourth-order valence-corrected chi connectivity index (χ4v) is 15.9. The second kappa shape index (κ2) is 13.2. The summed E-state index contributed by atoms with van der Waals surface area (Å²) in [6.07, 6.45) is 0.691. The van der Waals surface area contributed by atoms with Gasteiger partial charge in [-0.15, -0.1) is 11.3 Å². The number of aromatic nitrogens is 3. The lowest BCUT2D eigenvalue weighted by Crippen LogP contribution is -2.77. The van der Waals surface area contributed by atoms with Crippen LogP contribution in [0.4, 0.5) is 21.6 Å². The Balaban J connectivity index is 1.13. The Hall–Kier alpha value is -6.67. The lowest BCUT2D eigenvalue weighted by Gasteiger charge is -2.44. The van der Waals surface area contributed by atoms with Crippen LogP contribution in [-0.2, 0) is 7.05 Å². The molecular weight excluding hydrogens is 736 g/mol. The predicted molar refractivity (Wildman–Crippen MR) is 238 cm³/mol. The molecule has 0 saturated carbocycles. The van der Waals surface area contributed by atoms with E-state index in [4.69, 9.17) is 9.97 Å². The standard InChI is InChI=1S/C50H35FN4SSi/c1-54-42-26-10-9-25-41(42)53-49(54)35-18-14-16-33(30-35)46(51)34-17-15-19-36(31-34)55-43-27-11-13-29-45(43)57(37-20-4-2-5-21-37,38-22-6-3-7-23-38)48-47-40(32-52-50(48)55)39-24-8-12-28-44(39)56-47/h2-32,46H,1H3. The first kappa shape index (κ1) is 33.6. The van der Waals surface area contributed by atoms with Gasteiger partial charge in [0, 0.05) is 55.5 Å². The topological polar surface area (TPSA) is 34.0 Å². The Bertz CT molecular complexity index is 3100. The maximum absolute atomic E-state index is 17.0. The Morgan fingerprint density at radius 1 is 0.632 bits per heavy atom. The maximum Gasteiger partial charge on any atom is 0.188 e. The van der Waals surface area contributed by atoms with Crippen LogP contribution in [0.25, 0.3) is 42.6 Å². The van der Waals surface area contributed by atoms with Crippen molar-refractivity contribution in [3.05, 3.63) is 199 Å². The number of benzene rings is 7. The Kier molecular flexibility index (Phi) is 7.81. The first-order chi connectivity index (χ1) is 28.1. The molecule has 1 aliphatic heterocycles. The number of hydrogen-bond donors (Lipinski definition) is 0. The number of para-hydroxylation sites is 3. The number of thiophene rings is 1. The van der Waals surface area contributed by atoms with Gasteiger partial charge in [-0.1, -0.05) is 140 Å². The van der Waals surface area contributed by atoms with Crippen molar-refractivity contribution in [2.75, 3.05) is 4.90 Å². The van der Waals surface area contributed by atoms with Gasteiger partial charge < -0.3 is 4.57 Å². The Labute approximate surface area is 334 Å². The van der Waals surface area contributed by atoms with E-state index in [1.165, 1.54) is 35.5 Å². The molecule has 0 radical (unpaired) electrons. The minimum atomic E-state index is -3.00. The number of rotatable bonds is 6.